The van der Waals surface area contributed by atoms with E-state index in [2.05, 4.69) is 26.0 Å². The van der Waals surface area contributed by atoms with E-state index < -0.39 is 10.0 Å². The zero-order valence-electron chi connectivity index (χ0n) is 12.8. The number of amides is 1. The molecular weight excluding hydrogens is 412 g/mol. The third-order valence-corrected chi connectivity index (χ3v) is 6.77. The average Bonchev–Trinajstić information content (AvgIpc) is 3.18. The predicted octanol–water partition coefficient (Wildman–Crippen LogP) is 2.92. The van der Waals surface area contributed by atoms with Crippen molar-refractivity contribution in [2.45, 2.75) is 30.2 Å². The molecule has 0 atom stereocenters. The van der Waals surface area contributed by atoms with Gasteiger partial charge in [0, 0.05) is 21.9 Å². The Morgan fingerprint density at radius 3 is 2.75 bits per heavy atom. The molecule has 0 radical (unpaired) electrons. The Bertz CT molecular complexity index is 831. The van der Waals surface area contributed by atoms with Gasteiger partial charge in [-0.15, -0.1) is 11.3 Å². The maximum absolute atomic E-state index is 12.4. The maximum atomic E-state index is 12.4. The molecular formula is C16H17BrN2O3S2. The highest BCUT2D eigenvalue weighted by Crippen LogP contribution is 2.25. The van der Waals surface area contributed by atoms with Crippen molar-refractivity contribution in [2.24, 2.45) is 0 Å². The highest BCUT2D eigenvalue weighted by atomic mass is 79.9. The normalized spacial score (nSPS) is 14.5. The third-order valence-electron chi connectivity index (χ3n) is 3.63. The van der Waals surface area contributed by atoms with Crippen LogP contribution in [-0.2, 0) is 16.4 Å². The maximum Gasteiger partial charge on any atom is 0.252 e. The van der Waals surface area contributed by atoms with Gasteiger partial charge in [-0.1, -0.05) is 6.07 Å². The number of benzene rings is 1. The van der Waals surface area contributed by atoms with Crippen LogP contribution in [0.3, 0.4) is 0 Å². The second kappa shape index (κ2) is 7.35. The molecule has 128 valence electrons. The molecule has 3 rings (SSSR count). The van der Waals surface area contributed by atoms with Crippen LogP contribution >= 0.6 is 27.3 Å². The number of nitrogens with one attached hydrogen (secondary N) is 2. The minimum atomic E-state index is -3.57. The van der Waals surface area contributed by atoms with Crippen molar-refractivity contribution in [3.05, 3.63) is 50.6 Å². The molecule has 0 unspecified atom stereocenters. The number of sulfonamides is 1. The summed E-state index contributed by atoms with van der Waals surface area (Å²) in [5.74, 6) is -0.290. The fourth-order valence-electron chi connectivity index (χ4n) is 2.18. The Kier molecular flexibility index (Phi) is 5.39. The van der Waals surface area contributed by atoms with Crippen molar-refractivity contribution in [3.63, 3.8) is 0 Å². The molecule has 1 heterocycles. The van der Waals surface area contributed by atoms with Crippen LogP contribution in [0.2, 0.25) is 0 Å². The summed E-state index contributed by atoms with van der Waals surface area (Å²) in [6.45, 7) is 0.503. The molecule has 1 fully saturated rings. The van der Waals surface area contributed by atoms with Crippen LogP contribution in [-0.4, -0.2) is 26.9 Å². The van der Waals surface area contributed by atoms with Gasteiger partial charge < -0.3 is 5.32 Å². The van der Waals surface area contributed by atoms with E-state index in [0.29, 0.717) is 16.6 Å². The first-order valence-electron chi connectivity index (χ1n) is 7.58. The molecule has 1 aromatic heterocycles. The van der Waals surface area contributed by atoms with E-state index in [-0.39, 0.29) is 16.8 Å². The van der Waals surface area contributed by atoms with Crippen molar-refractivity contribution in [1.29, 1.82) is 0 Å². The monoisotopic (exact) mass is 428 g/mol. The lowest BCUT2D eigenvalue weighted by atomic mass is 10.2. The van der Waals surface area contributed by atoms with Gasteiger partial charge in [-0.25, -0.2) is 13.1 Å². The van der Waals surface area contributed by atoms with Crippen molar-refractivity contribution in [3.8, 4) is 0 Å². The zero-order chi connectivity index (χ0) is 17.2. The zero-order valence-corrected chi connectivity index (χ0v) is 16.0. The van der Waals surface area contributed by atoms with Crippen LogP contribution in [0, 0.1) is 0 Å². The number of halogens is 1. The highest BCUT2D eigenvalue weighted by molar-refractivity contribution is 9.10. The van der Waals surface area contributed by atoms with Gasteiger partial charge in [0.05, 0.1) is 10.5 Å². The largest absolute Gasteiger partial charge is 0.352 e. The Labute approximate surface area is 153 Å². The number of hydrogen-bond donors (Lipinski definition) is 2. The summed E-state index contributed by atoms with van der Waals surface area (Å²) in [7, 11) is -3.57. The van der Waals surface area contributed by atoms with Crippen molar-refractivity contribution in [1.82, 2.24) is 10.0 Å². The first-order valence-corrected chi connectivity index (χ1v) is 10.7. The first kappa shape index (κ1) is 17.6. The predicted molar refractivity (Wildman–Crippen MR) is 97.8 cm³/mol. The Morgan fingerprint density at radius 1 is 1.29 bits per heavy atom. The van der Waals surface area contributed by atoms with Crippen molar-refractivity contribution in [2.75, 3.05) is 6.54 Å². The summed E-state index contributed by atoms with van der Waals surface area (Å²) >= 11 is 4.96. The topological polar surface area (TPSA) is 75.3 Å². The second-order valence-electron chi connectivity index (χ2n) is 5.62. The van der Waals surface area contributed by atoms with E-state index in [0.717, 1.165) is 19.3 Å². The van der Waals surface area contributed by atoms with Crippen LogP contribution < -0.4 is 10.0 Å². The average molecular weight is 429 g/mol. The van der Waals surface area contributed by atoms with E-state index in [1.807, 2.05) is 17.5 Å². The molecule has 24 heavy (non-hydrogen) atoms. The van der Waals surface area contributed by atoms with Gasteiger partial charge in [-0.3, -0.25) is 4.79 Å². The Balaban J connectivity index is 1.69. The van der Waals surface area contributed by atoms with E-state index >= 15 is 0 Å². The molecule has 0 aliphatic heterocycles. The van der Waals surface area contributed by atoms with E-state index in [1.54, 1.807) is 17.4 Å². The van der Waals surface area contributed by atoms with Gasteiger partial charge in [0.15, 0.2) is 0 Å². The van der Waals surface area contributed by atoms with Crippen LogP contribution in [0.25, 0.3) is 0 Å². The SMILES string of the molecule is O=C(NCCc1cccs1)c1cc(S(=O)(=O)NC2CC2)ccc1Br. The number of hydrogen-bond acceptors (Lipinski definition) is 4. The van der Waals surface area contributed by atoms with Gasteiger partial charge in [0.1, 0.15) is 0 Å². The van der Waals surface area contributed by atoms with Crippen molar-refractivity contribution < 1.29 is 13.2 Å². The minimum Gasteiger partial charge on any atom is -0.352 e. The molecule has 0 bridgehead atoms. The molecule has 1 amide bonds. The van der Waals surface area contributed by atoms with Crippen LogP contribution in [0.4, 0.5) is 0 Å². The highest BCUT2D eigenvalue weighted by Gasteiger charge is 2.28. The number of carbonyl (C=O) groups excluding carboxylic acids is 1. The van der Waals surface area contributed by atoms with Crippen molar-refractivity contribution >= 4 is 43.2 Å². The Morgan fingerprint density at radius 2 is 2.08 bits per heavy atom. The lowest BCUT2D eigenvalue weighted by Gasteiger charge is -2.10. The molecule has 2 aromatic rings. The lowest BCUT2D eigenvalue weighted by molar-refractivity contribution is 0.0953. The smallest absolute Gasteiger partial charge is 0.252 e. The summed E-state index contributed by atoms with van der Waals surface area (Å²) in [4.78, 5) is 13.7. The van der Waals surface area contributed by atoms with Gasteiger partial charge in [0.2, 0.25) is 10.0 Å². The van der Waals surface area contributed by atoms with Crippen LogP contribution in [0.5, 0.6) is 0 Å². The standard InChI is InChI=1S/C16H17BrN2O3S2/c17-15-6-5-13(24(21,22)19-11-3-4-11)10-14(15)16(20)18-8-7-12-2-1-9-23-12/h1-2,5-6,9-11,19H,3-4,7-8H2,(H,18,20). The van der Waals surface area contributed by atoms with E-state index in [9.17, 15) is 13.2 Å². The quantitative estimate of drug-likeness (QED) is 0.711. The van der Waals surface area contributed by atoms with Crippen LogP contribution in [0.15, 0.2) is 45.1 Å². The molecule has 1 aliphatic rings. The summed E-state index contributed by atoms with van der Waals surface area (Å²) < 4.78 is 27.8. The minimum absolute atomic E-state index is 0.0294. The van der Waals surface area contributed by atoms with Crippen LogP contribution in [0.1, 0.15) is 28.1 Å². The van der Waals surface area contributed by atoms with Gasteiger partial charge in [-0.2, -0.15) is 0 Å². The van der Waals surface area contributed by atoms with Gasteiger partial charge >= 0.3 is 0 Å². The molecule has 8 heteroatoms. The molecule has 0 saturated heterocycles. The summed E-state index contributed by atoms with van der Waals surface area (Å²) in [6, 6.07) is 8.52. The Hall–Kier alpha value is -1.22. The molecule has 5 nitrogen and oxygen atoms in total. The van der Waals surface area contributed by atoms with E-state index in [1.165, 1.54) is 17.0 Å². The first-order chi connectivity index (χ1) is 11.5. The molecule has 2 N–H and O–H groups in total. The third kappa shape index (κ3) is 4.44. The fraction of sp³-hybridized carbons (Fsp3) is 0.312. The fourth-order valence-corrected chi connectivity index (χ4v) is 4.65. The number of thiophene rings is 1. The van der Waals surface area contributed by atoms with Gasteiger partial charge in [0.25, 0.3) is 5.91 Å². The number of rotatable bonds is 7. The summed E-state index contributed by atoms with van der Waals surface area (Å²) in [5.41, 5.74) is 0.319. The summed E-state index contributed by atoms with van der Waals surface area (Å²) in [5, 5.41) is 4.83. The molecule has 1 aromatic carbocycles. The summed E-state index contributed by atoms with van der Waals surface area (Å²) in [6.07, 6.45) is 2.49. The number of carbonyl (C=O) groups is 1. The lowest BCUT2D eigenvalue weighted by Crippen LogP contribution is -2.28. The van der Waals surface area contributed by atoms with Gasteiger partial charge in [-0.05, 0) is 64.8 Å². The molecule has 1 aliphatic carbocycles. The van der Waals surface area contributed by atoms with E-state index in [4.69, 9.17) is 0 Å². The second-order valence-corrected chi connectivity index (χ2v) is 9.22. The molecule has 0 spiro atoms. The molecule has 1 saturated carbocycles.